The first-order valence-electron chi connectivity index (χ1n) is 4.89. The molecule has 17 heavy (non-hydrogen) atoms. The van der Waals surface area contributed by atoms with E-state index in [-0.39, 0.29) is 0 Å². The van der Waals surface area contributed by atoms with Gasteiger partial charge in [0.2, 0.25) is 5.91 Å². The fourth-order valence-corrected chi connectivity index (χ4v) is 1.24. The van der Waals surface area contributed by atoms with Crippen molar-refractivity contribution in [1.82, 2.24) is 0 Å². The van der Waals surface area contributed by atoms with Gasteiger partial charge >= 0.3 is 5.97 Å². The third kappa shape index (κ3) is 3.98. The van der Waals surface area contributed by atoms with Gasteiger partial charge in [-0.25, -0.2) is 4.79 Å². The van der Waals surface area contributed by atoms with Crippen molar-refractivity contribution in [2.45, 2.75) is 6.92 Å². The average molecular weight is 235 g/mol. The molecule has 1 aromatic carbocycles. The molecule has 90 valence electrons. The first kappa shape index (κ1) is 12.8. The number of rotatable bonds is 4. The second-order valence-electron chi connectivity index (χ2n) is 3.36. The van der Waals surface area contributed by atoms with E-state index >= 15 is 0 Å². The molecule has 0 bridgehead atoms. The van der Waals surface area contributed by atoms with Gasteiger partial charge in [-0.2, -0.15) is 0 Å². The molecule has 0 aliphatic heterocycles. The van der Waals surface area contributed by atoms with E-state index < -0.39 is 11.9 Å². The van der Waals surface area contributed by atoms with Gasteiger partial charge < -0.3 is 15.2 Å². The summed E-state index contributed by atoms with van der Waals surface area (Å²) in [5.41, 5.74) is 1.47. The summed E-state index contributed by atoms with van der Waals surface area (Å²) >= 11 is 0. The minimum absolute atomic E-state index is 0.507. The lowest BCUT2D eigenvalue weighted by Crippen LogP contribution is -2.09. The number of anilines is 1. The van der Waals surface area contributed by atoms with Crippen LogP contribution >= 0.6 is 0 Å². The molecule has 2 N–H and O–H groups in total. The normalized spacial score (nSPS) is 10.2. The minimum atomic E-state index is -1.17. The zero-order chi connectivity index (χ0) is 12.8. The molecule has 0 saturated heterocycles. The molecule has 0 unspecified atom stereocenters. The molecule has 1 amide bonds. The van der Waals surface area contributed by atoms with Gasteiger partial charge in [0.25, 0.3) is 0 Å². The summed E-state index contributed by atoms with van der Waals surface area (Å²) in [6.45, 7) is 1.88. The largest absolute Gasteiger partial charge is 0.495 e. The van der Waals surface area contributed by atoms with Crippen LogP contribution in [-0.4, -0.2) is 24.1 Å². The van der Waals surface area contributed by atoms with Gasteiger partial charge in [0.15, 0.2) is 0 Å². The number of nitrogens with one attached hydrogen (secondary N) is 1. The van der Waals surface area contributed by atoms with E-state index in [1.54, 1.807) is 12.1 Å². The van der Waals surface area contributed by atoms with Crippen LogP contribution in [0.5, 0.6) is 5.75 Å². The summed E-state index contributed by atoms with van der Waals surface area (Å²) in [5.74, 6) is -1.17. The minimum Gasteiger partial charge on any atom is -0.495 e. The number of aryl methyl sites for hydroxylation is 1. The van der Waals surface area contributed by atoms with Crippen LogP contribution in [0.3, 0.4) is 0 Å². The molecule has 0 aliphatic rings. The fourth-order valence-electron chi connectivity index (χ4n) is 1.24. The molecule has 0 radical (unpaired) electrons. The number of methoxy groups -OCH3 is 1. The summed E-state index contributed by atoms with van der Waals surface area (Å²) in [7, 11) is 1.49. The Labute approximate surface area is 98.7 Å². The van der Waals surface area contributed by atoms with Crippen molar-refractivity contribution in [1.29, 1.82) is 0 Å². The number of aliphatic carboxylic acids is 1. The van der Waals surface area contributed by atoms with Crippen molar-refractivity contribution < 1.29 is 19.4 Å². The molecule has 1 rings (SSSR count). The number of carboxylic acid groups (broad SMARTS) is 1. The van der Waals surface area contributed by atoms with Crippen molar-refractivity contribution in [2.24, 2.45) is 0 Å². The highest BCUT2D eigenvalue weighted by atomic mass is 16.5. The molecule has 0 atom stereocenters. The Morgan fingerprint density at radius 3 is 2.65 bits per heavy atom. The van der Waals surface area contributed by atoms with E-state index in [1.807, 2.05) is 13.0 Å². The monoisotopic (exact) mass is 235 g/mol. The number of carbonyl (C=O) groups is 2. The van der Waals surface area contributed by atoms with Crippen molar-refractivity contribution in [3.8, 4) is 5.75 Å². The van der Waals surface area contributed by atoms with Crippen LogP contribution in [0.1, 0.15) is 5.56 Å². The molecule has 0 saturated carbocycles. The van der Waals surface area contributed by atoms with Crippen LogP contribution in [0.15, 0.2) is 30.4 Å². The Kier molecular flexibility index (Phi) is 4.28. The maximum absolute atomic E-state index is 11.4. The third-order valence-electron chi connectivity index (χ3n) is 1.99. The number of carboxylic acids is 1. The number of hydrogen-bond donors (Lipinski definition) is 2. The SMILES string of the molecule is COc1ccc(C)cc1NC(=O)C=CC(=O)O. The van der Waals surface area contributed by atoms with Crippen LogP contribution in [0, 0.1) is 6.92 Å². The van der Waals surface area contributed by atoms with Gasteiger partial charge in [-0.1, -0.05) is 6.07 Å². The lowest BCUT2D eigenvalue weighted by Gasteiger charge is -2.09. The Morgan fingerprint density at radius 2 is 2.06 bits per heavy atom. The molecule has 5 nitrogen and oxygen atoms in total. The number of carbonyl (C=O) groups excluding carboxylic acids is 1. The molecule has 5 heteroatoms. The molecule has 0 aromatic heterocycles. The van der Waals surface area contributed by atoms with E-state index in [4.69, 9.17) is 9.84 Å². The summed E-state index contributed by atoms with van der Waals surface area (Å²) in [5, 5.41) is 10.9. The van der Waals surface area contributed by atoms with Crippen LogP contribution in [0.4, 0.5) is 5.69 Å². The van der Waals surface area contributed by atoms with Crippen molar-refractivity contribution in [2.75, 3.05) is 12.4 Å². The summed E-state index contributed by atoms with van der Waals surface area (Å²) in [4.78, 5) is 21.6. The van der Waals surface area contributed by atoms with Crippen LogP contribution in [0.25, 0.3) is 0 Å². The van der Waals surface area contributed by atoms with Gasteiger partial charge in [0.1, 0.15) is 5.75 Å². The van der Waals surface area contributed by atoms with E-state index in [0.717, 1.165) is 17.7 Å². The van der Waals surface area contributed by atoms with E-state index in [0.29, 0.717) is 11.4 Å². The van der Waals surface area contributed by atoms with Gasteiger partial charge in [-0.15, -0.1) is 0 Å². The van der Waals surface area contributed by atoms with E-state index in [2.05, 4.69) is 5.32 Å². The number of hydrogen-bond acceptors (Lipinski definition) is 3. The summed E-state index contributed by atoms with van der Waals surface area (Å²) < 4.78 is 5.07. The maximum atomic E-state index is 11.4. The maximum Gasteiger partial charge on any atom is 0.328 e. The van der Waals surface area contributed by atoms with Crippen molar-refractivity contribution in [3.63, 3.8) is 0 Å². The van der Waals surface area contributed by atoms with Gasteiger partial charge in [-0.3, -0.25) is 4.79 Å². The standard InChI is InChI=1S/C12H13NO4/c1-8-3-4-10(17-2)9(7-8)13-11(14)5-6-12(15)16/h3-7H,1-2H3,(H,13,14)(H,15,16). The highest BCUT2D eigenvalue weighted by Crippen LogP contribution is 2.24. The zero-order valence-electron chi connectivity index (χ0n) is 9.56. The number of amides is 1. The molecular weight excluding hydrogens is 222 g/mol. The Balaban J connectivity index is 2.83. The molecular formula is C12H13NO4. The molecule has 0 aliphatic carbocycles. The zero-order valence-corrected chi connectivity index (χ0v) is 9.56. The van der Waals surface area contributed by atoms with Gasteiger partial charge in [-0.05, 0) is 24.6 Å². The van der Waals surface area contributed by atoms with Crippen LogP contribution in [0.2, 0.25) is 0 Å². The Morgan fingerprint density at radius 1 is 1.35 bits per heavy atom. The lowest BCUT2D eigenvalue weighted by molar-refractivity contribution is -0.131. The Bertz CT molecular complexity index is 466. The van der Waals surface area contributed by atoms with Gasteiger partial charge in [0.05, 0.1) is 12.8 Å². The first-order chi connectivity index (χ1) is 8.02. The molecule has 0 fully saturated rings. The quantitative estimate of drug-likeness (QED) is 0.777. The van der Waals surface area contributed by atoms with Crippen LogP contribution < -0.4 is 10.1 Å². The third-order valence-corrected chi connectivity index (χ3v) is 1.99. The topological polar surface area (TPSA) is 75.6 Å². The molecule has 0 spiro atoms. The highest BCUT2D eigenvalue weighted by molar-refractivity contribution is 6.03. The fraction of sp³-hybridized carbons (Fsp3) is 0.167. The van der Waals surface area contributed by atoms with Crippen molar-refractivity contribution >= 4 is 17.6 Å². The first-order valence-corrected chi connectivity index (χ1v) is 4.89. The van der Waals surface area contributed by atoms with Crippen LogP contribution in [-0.2, 0) is 9.59 Å². The van der Waals surface area contributed by atoms with E-state index in [1.165, 1.54) is 7.11 Å². The number of benzene rings is 1. The second-order valence-corrected chi connectivity index (χ2v) is 3.36. The smallest absolute Gasteiger partial charge is 0.328 e. The predicted octanol–water partition coefficient (Wildman–Crippen LogP) is 1.58. The van der Waals surface area contributed by atoms with Crippen molar-refractivity contribution in [3.05, 3.63) is 35.9 Å². The number of ether oxygens (including phenoxy) is 1. The average Bonchev–Trinajstić information content (AvgIpc) is 2.27. The Hall–Kier alpha value is -2.30. The predicted molar refractivity (Wildman–Crippen MR) is 63.1 cm³/mol. The lowest BCUT2D eigenvalue weighted by atomic mass is 10.2. The van der Waals surface area contributed by atoms with Gasteiger partial charge in [0, 0.05) is 12.2 Å². The van der Waals surface area contributed by atoms with E-state index in [9.17, 15) is 9.59 Å². The second kappa shape index (κ2) is 5.69. The summed E-state index contributed by atoms with van der Waals surface area (Å²) in [6, 6.07) is 5.32. The summed E-state index contributed by atoms with van der Waals surface area (Å²) in [6.07, 6.45) is 1.72. The highest BCUT2D eigenvalue weighted by Gasteiger charge is 2.05. The molecule has 0 heterocycles. The molecule has 1 aromatic rings.